The number of carbonyl (C=O) groups is 2. The van der Waals surface area contributed by atoms with Crippen LogP contribution < -0.4 is 10.6 Å². The summed E-state index contributed by atoms with van der Waals surface area (Å²) in [6.45, 7) is 5.73. The maximum absolute atomic E-state index is 12.3. The van der Waals surface area contributed by atoms with Crippen LogP contribution in [0.1, 0.15) is 31.7 Å². The van der Waals surface area contributed by atoms with Crippen molar-refractivity contribution in [2.24, 2.45) is 0 Å². The molecular weight excluding hydrogens is 280 g/mol. The lowest BCUT2D eigenvalue weighted by molar-refractivity contribution is -0.108. The third-order valence-electron chi connectivity index (χ3n) is 2.66. The van der Waals surface area contributed by atoms with Crippen molar-refractivity contribution in [2.75, 3.05) is 0 Å². The van der Waals surface area contributed by atoms with Crippen molar-refractivity contribution < 1.29 is 9.59 Å². The molecule has 0 bridgehead atoms. The molecule has 102 valence electrons. The molecule has 0 aliphatic carbocycles. The first kappa shape index (κ1) is 14.1. The Hall–Kier alpha value is -1.27. The number of allylic oxidation sites excluding steroid dienone is 1. The maximum Gasteiger partial charge on any atom is 0.319 e. The molecule has 0 radical (unpaired) electrons. The Morgan fingerprint density at radius 3 is 2.79 bits per heavy atom. The summed E-state index contributed by atoms with van der Waals surface area (Å²) in [5, 5.41) is 7.67. The zero-order valence-electron chi connectivity index (χ0n) is 11.0. The molecule has 1 aliphatic heterocycles. The molecular formula is C13H16N2O2S2. The first-order chi connectivity index (χ1) is 8.99. The average Bonchev–Trinajstić information content (AvgIpc) is 2.79. The minimum atomic E-state index is -0.340. The number of amides is 2. The molecule has 1 unspecified atom stereocenters. The summed E-state index contributed by atoms with van der Waals surface area (Å²) in [5.74, 6) is 0. The number of nitrogens with one attached hydrogen (secondary N) is 2. The van der Waals surface area contributed by atoms with Crippen LogP contribution in [0.25, 0.3) is 0 Å². The predicted molar refractivity (Wildman–Crippen MR) is 79.2 cm³/mol. The fourth-order valence-corrected chi connectivity index (χ4v) is 3.52. The first-order valence-corrected chi connectivity index (χ1v) is 7.77. The van der Waals surface area contributed by atoms with E-state index in [0.29, 0.717) is 11.3 Å². The summed E-state index contributed by atoms with van der Waals surface area (Å²) in [6.07, 6.45) is 0. The largest absolute Gasteiger partial charge is 0.326 e. The predicted octanol–water partition coefficient (Wildman–Crippen LogP) is 3.04. The van der Waals surface area contributed by atoms with Gasteiger partial charge in [0.05, 0.1) is 11.6 Å². The van der Waals surface area contributed by atoms with Crippen molar-refractivity contribution in [3.63, 3.8) is 0 Å². The molecule has 0 aromatic carbocycles. The number of carbonyl (C=O) groups excluding carboxylic acids is 2. The number of hydrogen-bond acceptors (Lipinski definition) is 4. The van der Waals surface area contributed by atoms with E-state index in [2.05, 4.69) is 10.6 Å². The van der Waals surface area contributed by atoms with Crippen LogP contribution >= 0.6 is 23.1 Å². The summed E-state index contributed by atoms with van der Waals surface area (Å²) in [7, 11) is 0. The molecule has 2 heterocycles. The van der Waals surface area contributed by atoms with Crippen LogP contribution in [0.3, 0.4) is 0 Å². The lowest BCUT2D eigenvalue weighted by atomic mass is 10.0. The van der Waals surface area contributed by atoms with Crippen molar-refractivity contribution in [3.05, 3.63) is 33.7 Å². The van der Waals surface area contributed by atoms with Gasteiger partial charge in [-0.25, -0.2) is 4.79 Å². The fraction of sp³-hybridized carbons (Fsp3) is 0.385. The van der Waals surface area contributed by atoms with Crippen LogP contribution in [0.2, 0.25) is 0 Å². The molecule has 2 N–H and O–H groups in total. The van der Waals surface area contributed by atoms with Crippen LogP contribution in [-0.4, -0.2) is 16.4 Å². The van der Waals surface area contributed by atoms with Gasteiger partial charge in [-0.15, -0.1) is 11.3 Å². The molecule has 0 saturated heterocycles. The third kappa shape index (κ3) is 3.19. The number of rotatable bonds is 3. The van der Waals surface area contributed by atoms with Gasteiger partial charge in [-0.1, -0.05) is 31.7 Å². The van der Waals surface area contributed by atoms with Crippen molar-refractivity contribution >= 4 is 34.2 Å². The van der Waals surface area contributed by atoms with Crippen molar-refractivity contribution in [2.45, 2.75) is 32.1 Å². The van der Waals surface area contributed by atoms with E-state index in [1.807, 2.05) is 31.4 Å². The Morgan fingerprint density at radius 2 is 2.21 bits per heavy atom. The van der Waals surface area contributed by atoms with E-state index in [0.717, 1.165) is 4.88 Å². The van der Waals surface area contributed by atoms with E-state index in [9.17, 15) is 9.59 Å². The normalized spacial score (nSPS) is 19.4. The van der Waals surface area contributed by atoms with Crippen LogP contribution in [-0.2, 0) is 4.79 Å². The average molecular weight is 296 g/mol. The molecule has 0 spiro atoms. The molecule has 0 saturated carbocycles. The summed E-state index contributed by atoms with van der Waals surface area (Å²) >= 11 is 2.82. The molecule has 6 heteroatoms. The van der Waals surface area contributed by atoms with Gasteiger partial charge >= 0.3 is 6.03 Å². The van der Waals surface area contributed by atoms with E-state index in [1.165, 1.54) is 23.1 Å². The number of urea groups is 1. The molecule has 1 aliphatic rings. The lowest BCUT2D eigenvalue weighted by Gasteiger charge is -2.27. The van der Waals surface area contributed by atoms with Gasteiger partial charge in [-0.05, 0) is 18.4 Å². The van der Waals surface area contributed by atoms with Gasteiger partial charge < -0.3 is 10.6 Å². The van der Waals surface area contributed by atoms with Gasteiger partial charge in [0.25, 0.3) is 0 Å². The van der Waals surface area contributed by atoms with Crippen molar-refractivity contribution in [1.29, 1.82) is 0 Å². The molecule has 4 nitrogen and oxygen atoms in total. The van der Waals surface area contributed by atoms with Gasteiger partial charge in [0.1, 0.15) is 0 Å². The Morgan fingerprint density at radius 1 is 1.47 bits per heavy atom. The van der Waals surface area contributed by atoms with E-state index in [4.69, 9.17) is 0 Å². The Balaban J connectivity index is 2.36. The fourth-order valence-electron chi connectivity index (χ4n) is 1.91. The highest BCUT2D eigenvalue weighted by atomic mass is 32.2. The lowest BCUT2D eigenvalue weighted by Crippen LogP contribution is -2.44. The maximum atomic E-state index is 12.3. The molecule has 2 rings (SSSR count). The minimum Gasteiger partial charge on any atom is -0.326 e. The zero-order valence-corrected chi connectivity index (χ0v) is 12.7. The van der Waals surface area contributed by atoms with Gasteiger partial charge in [-0.3, -0.25) is 4.79 Å². The zero-order chi connectivity index (χ0) is 14.0. The third-order valence-corrected chi connectivity index (χ3v) is 4.50. The summed E-state index contributed by atoms with van der Waals surface area (Å²) in [6, 6.07) is 3.25. The van der Waals surface area contributed by atoms with Crippen LogP contribution in [0.15, 0.2) is 28.8 Å². The molecule has 19 heavy (non-hydrogen) atoms. The SMILES string of the molecule is CC1=C(C(=O)SC(C)C)C(c2cccs2)NC(=O)N1. The van der Waals surface area contributed by atoms with Gasteiger partial charge in [-0.2, -0.15) is 0 Å². The standard InChI is InChI=1S/C13H16N2O2S2/c1-7(2)19-12(16)10-8(3)14-13(17)15-11(10)9-5-4-6-18-9/h4-7,11H,1-3H3,(H2,14,15,17). The van der Waals surface area contributed by atoms with Gasteiger partial charge in [0.2, 0.25) is 5.12 Å². The Labute approximate surface area is 120 Å². The molecule has 0 fully saturated rings. The molecule has 1 aromatic rings. The van der Waals surface area contributed by atoms with E-state index < -0.39 is 0 Å². The van der Waals surface area contributed by atoms with Crippen LogP contribution in [0.5, 0.6) is 0 Å². The monoisotopic (exact) mass is 296 g/mol. The smallest absolute Gasteiger partial charge is 0.319 e. The van der Waals surface area contributed by atoms with E-state index in [-0.39, 0.29) is 22.4 Å². The summed E-state index contributed by atoms with van der Waals surface area (Å²) in [5.41, 5.74) is 1.28. The minimum absolute atomic E-state index is 0.0124. The summed E-state index contributed by atoms with van der Waals surface area (Å²) in [4.78, 5) is 24.9. The van der Waals surface area contributed by atoms with Gasteiger partial charge in [0.15, 0.2) is 0 Å². The van der Waals surface area contributed by atoms with E-state index in [1.54, 1.807) is 6.92 Å². The molecule has 1 aromatic heterocycles. The Bertz CT molecular complexity index is 521. The van der Waals surface area contributed by atoms with Crippen molar-refractivity contribution in [3.8, 4) is 0 Å². The Kier molecular flexibility index (Phi) is 4.31. The second-order valence-electron chi connectivity index (χ2n) is 4.54. The van der Waals surface area contributed by atoms with Crippen molar-refractivity contribution in [1.82, 2.24) is 10.6 Å². The van der Waals surface area contributed by atoms with Gasteiger partial charge in [0, 0.05) is 15.8 Å². The van der Waals surface area contributed by atoms with Crippen LogP contribution in [0, 0.1) is 0 Å². The highest BCUT2D eigenvalue weighted by Crippen LogP contribution is 2.33. The number of thiophene rings is 1. The van der Waals surface area contributed by atoms with Crippen LogP contribution in [0.4, 0.5) is 4.79 Å². The summed E-state index contributed by atoms with van der Waals surface area (Å²) < 4.78 is 0. The highest BCUT2D eigenvalue weighted by molar-refractivity contribution is 8.14. The highest BCUT2D eigenvalue weighted by Gasteiger charge is 2.32. The molecule has 2 amide bonds. The topological polar surface area (TPSA) is 58.2 Å². The number of hydrogen-bond donors (Lipinski definition) is 2. The quantitative estimate of drug-likeness (QED) is 0.901. The molecule has 1 atom stereocenters. The first-order valence-electron chi connectivity index (χ1n) is 6.01. The van der Waals surface area contributed by atoms with E-state index >= 15 is 0 Å². The second kappa shape index (κ2) is 5.79. The number of thioether (sulfide) groups is 1. The second-order valence-corrected chi connectivity index (χ2v) is 7.07.